The fourth-order valence-electron chi connectivity index (χ4n) is 1.27. The van der Waals surface area contributed by atoms with E-state index in [1.54, 1.807) is 0 Å². The maximum atomic E-state index is 5.77. The van der Waals surface area contributed by atoms with Crippen LogP contribution in [0.5, 0.6) is 11.5 Å². The third kappa shape index (κ3) is 1.69. The van der Waals surface area contributed by atoms with Gasteiger partial charge in [0.2, 0.25) is 0 Å². The van der Waals surface area contributed by atoms with Crippen molar-refractivity contribution in [3.05, 3.63) is 23.8 Å². The Balaban J connectivity index is 2.46. The van der Waals surface area contributed by atoms with Crippen molar-refractivity contribution in [1.82, 2.24) is 0 Å². The van der Waals surface area contributed by atoms with Crippen molar-refractivity contribution in [3.63, 3.8) is 0 Å². The highest BCUT2D eigenvalue weighted by atomic mass is 35.5. The normalized spacial score (nSPS) is 14.7. The molecule has 0 radical (unpaired) electrons. The van der Waals surface area contributed by atoms with Crippen molar-refractivity contribution in [1.29, 1.82) is 0 Å². The maximum absolute atomic E-state index is 5.77. The molecule has 0 fully saturated rings. The molecular formula is C9H8Cl2O2. The third-order valence-corrected chi connectivity index (χ3v) is 2.30. The summed E-state index contributed by atoms with van der Waals surface area (Å²) in [4.78, 5) is -0.573. The van der Waals surface area contributed by atoms with E-state index in [1.165, 1.54) is 0 Å². The lowest BCUT2D eigenvalue weighted by atomic mass is 10.2. The topological polar surface area (TPSA) is 18.5 Å². The molecule has 1 aliphatic heterocycles. The van der Waals surface area contributed by atoms with E-state index < -0.39 is 4.84 Å². The monoisotopic (exact) mass is 218 g/mol. The van der Waals surface area contributed by atoms with Crippen molar-refractivity contribution < 1.29 is 9.47 Å². The van der Waals surface area contributed by atoms with Crippen LogP contribution >= 0.6 is 23.2 Å². The number of para-hydroxylation sites is 1. The molecule has 4 heteroatoms. The molecule has 2 nitrogen and oxygen atoms in total. The molecule has 70 valence electrons. The predicted octanol–water partition coefficient (Wildman–Crippen LogP) is 2.93. The van der Waals surface area contributed by atoms with E-state index in [9.17, 15) is 0 Å². The van der Waals surface area contributed by atoms with Gasteiger partial charge in [0, 0.05) is 5.56 Å². The van der Waals surface area contributed by atoms with Crippen LogP contribution in [0.3, 0.4) is 0 Å². The summed E-state index contributed by atoms with van der Waals surface area (Å²) in [5.41, 5.74) is 0.764. The van der Waals surface area contributed by atoms with Crippen LogP contribution in [-0.4, -0.2) is 13.2 Å². The Morgan fingerprint density at radius 2 is 1.92 bits per heavy atom. The van der Waals surface area contributed by atoms with E-state index in [1.807, 2.05) is 18.2 Å². The molecule has 0 saturated heterocycles. The summed E-state index contributed by atoms with van der Waals surface area (Å²) < 4.78 is 10.8. The number of halogens is 2. The molecule has 1 aromatic rings. The van der Waals surface area contributed by atoms with Crippen LogP contribution < -0.4 is 9.47 Å². The molecule has 0 spiro atoms. The van der Waals surface area contributed by atoms with Crippen molar-refractivity contribution in [2.75, 3.05) is 13.2 Å². The molecule has 1 heterocycles. The van der Waals surface area contributed by atoms with Gasteiger partial charge in [0.25, 0.3) is 0 Å². The molecule has 0 bridgehead atoms. The lowest BCUT2D eigenvalue weighted by molar-refractivity contribution is 0.170. The van der Waals surface area contributed by atoms with E-state index in [2.05, 4.69) is 0 Å². The summed E-state index contributed by atoms with van der Waals surface area (Å²) in [6.07, 6.45) is 0. The molecule has 0 atom stereocenters. The second-order valence-electron chi connectivity index (χ2n) is 2.67. The highest BCUT2D eigenvalue weighted by molar-refractivity contribution is 6.44. The number of ether oxygens (including phenoxy) is 2. The molecule has 0 aliphatic carbocycles. The van der Waals surface area contributed by atoms with Crippen molar-refractivity contribution in [2.45, 2.75) is 4.84 Å². The van der Waals surface area contributed by atoms with Crippen LogP contribution in [0.4, 0.5) is 0 Å². The molecule has 1 aromatic carbocycles. The van der Waals surface area contributed by atoms with Gasteiger partial charge in [0.05, 0.1) is 0 Å². The molecule has 13 heavy (non-hydrogen) atoms. The van der Waals surface area contributed by atoms with Crippen LogP contribution in [0.25, 0.3) is 0 Å². The van der Waals surface area contributed by atoms with Gasteiger partial charge in [0.15, 0.2) is 11.5 Å². The van der Waals surface area contributed by atoms with E-state index >= 15 is 0 Å². The molecule has 0 amide bonds. The summed E-state index contributed by atoms with van der Waals surface area (Å²) in [5.74, 6) is 1.39. The largest absolute Gasteiger partial charge is 0.486 e. The van der Waals surface area contributed by atoms with Gasteiger partial charge in [-0.15, -0.1) is 0 Å². The molecule has 0 unspecified atom stereocenters. The maximum Gasteiger partial charge on any atom is 0.167 e. The smallest absolute Gasteiger partial charge is 0.167 e. The van der Waals surface area contributed by atoms with Crippen molar-refractivity contribution in [3.8, 4) is 11.5 Å². The quantitative estimate of drug-likeness (QED) is 0.676. The minimum Gasteiger partial charge on any atom is -0.486 e. The van der Waals surface area contributed by atoms with Gasteiger partial charge in [-0.05, 0) is 6.07 Å². The minimum atomic E-state index is -0.573. The zero-order valence-corrected chi connectivity index (χ0v) is 8.31. The van der Waals surface area contributed by atoms with Crippen LogP contribution in [0, 0.1) is 0 Å². The summed E-state index contributed by atoms with van der Waals surface area (Å²) in [6.45, 7) is 1.12. The Kier molecular flexibility index (Phi) is 2.51. The first-order valence-corrected chi connectivity index (χ1v) is 4.83. The van der Waals surface area contributed by atoms with Crippen LogP contribution in [0.1, 0.15) is 10.4 Å². The Labute approximate surface area is 86.4 Å². The number of rotatable bonds is 1. The fraction of sp³-hybridized carbons (Fsp3) is 0.333. The van der Waals surface area contributed by atoms with Crippen molar-refractivity contribution in [2.24, 2.45) is 0 Å². The van der Waals surface area contributed by atoms with Crippen LogP contribution in [0.2, 0.25) is 0 Å². The van der Waals surface area contributed by atoms with E-state index in [4.69, 9.17) is 32.7 Å². The lowest BCUT2D eigenvalue weighted by Gasteiger charge is -2.21. The standard InChI is InChI=1S/C9H8Cl2O2/c10-9(11)6-2-1-3-7-8(6)13-5-4-12-7/h1-3,9H,4-5H2. The van der Waals surface area contributed by atoms with E-state index in [0.29, 0.717) is 19.0 Å². The molecule has 1 aliphatic rings. The zero-order valence-electron chi connectivity index (χ0n) is 6.80. The number of hydrogen-bond acceptors (Lipinski definition) is 2. The first kappa shape index (κ1) is 8.97. The summed E-state index contributed by atoms with van der Waals surface area (Å²) in [5, 5.41) is 0. The van der Waals surface area contributed by atoms with E-state index in [0.717, 1.165) is 11.3 Å². The first-order chi connectivity index (χ1) is 6.29. The summed E-state index contributed by atoms with van der Waals surface area (Å²) in [7, 11) is 0. The number of alkyl halides is 2. The summed E-state index contributed by atoms with van der Waals surface area (Å²) >= 11 is 11.5. The predicted molar refractivity (Wildman–Crippen MR) is 51.9 cm³/mol. The van der Waals surface area contributed by atoms with Crippen LogP contribution in [0.15, 0.2) is 18.2 Å². The second-order valence-corrected chi connectivity index (χ2v) is 3.77. The van der Waals surface area contributed by atoms with Crippen LogP contribution in [-0.2, 0) is 0 Å². The van der Waals surface area contributed by atoms with Crippen molar-refractivity contribution >= 4 is 23.2 Å². The highest BCUT2D eigenvalue weighted by Gasteiger charge is 2.18. The Morgan fingerprint density at radius 1 is 1.15 bits per heavy atom. The lowest BCUT2D eigenvalue weighted by Crippen LogP contribution is -2.16. The minimum absolute atomic E-state index is 0.546. The molecule has 2 rings (SSSR count). The SMILES string of the molecule is ClC(Cl)c1cccc2c1OCCO2. The van der Waals surface area contributed by atoms with Gasteiger partial charge >= 0.3 is 0 Å². The number of benzene rings is 1. The summed E-state index contributed by atoms with van der Waals surface area (Å²) in [6, 6.07) is 5.52. The first-order valence-electron chi connectivity index (χ1n) is 3.95. The molecule has 0 N–H and O–H groups in total. The fourth-order valence-corrected chi connectivity index (χ4v) is 1.61. The van der Waals surface area contributed by atoms with Gasteiger partial charge in [-0.3, -0.25) is 0 Å². The Morgan fingerprint density at radius 3 is 2.69 bits per heavy atom. The van der Waals surface area contributed by atoms with Gasteiger partial charge in [-0.25, -0.2) is 0 Å². The zero-order chi connectivity index (χ0) is 9.26. The molecule has 0 saturated carbocycles. The number of hydrogen-bond donors (Lipinski definition) is 0. The Bertz CT molecular complexity index is 312. The second kappa shape index (κ2) is 3.64. The average Bonchev–Trinajstić information content (AvgIpc) is 2.17. The van der Waals surface area contributed by atoms with Gasteiger partial charge in [-0.2, -0.15) is 0 Å². The van der Waals surface area contributed by atoms with Gasteiger partial charge < -0.3 is 9.47 Å². The Hall–Kier alpha value is -0.600. The van der Waals surface area contributed by atoms with Gasteiger partial charge in [-0.1, -0.05) is 35.3 Å². The highest BCUT2D eigenvalue weighted by Crippen LogP contribution is 2.40. The van der Waals surface area contributed by atoms with E-state index in [-0.39, 0.29) is 0 Å². The molecule has 0 aromatic heterocycles. The average molecular weight is 219 g/mol. The third-order valence-electron chi connectivity index (χ3n) is 1.83. The molecular weight excluding hydrogens is 211 g/mol. The number of fused-ring (bicyclic) bond motifs is 1. The van der Waals surface area contributed by atoms with Gasteiger partial charge in [0.1, 0.15) is 18.1 Å².